The van der Waals surface area contributed by atoms with Gasteiger partial charge < -0.3 is 20.7 Å². The molecule has 1 fully saturated rings. The second kappa shape index (κ2) is 7.04. The lowest BCUT2D eigenvalue weighted by Gasteiger charge is -2.18. The number of anilines is 1. The van der Waals surface area contributed by atoms with Gasteiger partial charge in [0.25, 0.3) is 0 Å². The zero-order chi connectivity index (χ0) is 16.9. The summed E-state index contributed by atoms with van der Waals surface area (Å²) >= 11 is 0. The summed E-state index contributed by atoms with van der Waals surface area (Å²) in [5.41, 5.74) is 8.06. The van der Waals surface area contributed by atoms with Crippen LogP contribution in [0.15, 0.2) is 54.6 Å². The van der Waals surface area contributed by atoms with E-state index in [0.29, 0.717) is 19.7 Å². The third-order valence-electron chi connectivity index (χ3n) is 3.87. The lowest BCUT2D eigenvalue weighted by Crippen LogP contribution is -2.27. The van der Waals surface area contributed by atoms with Crippen molar-refractivity contribution in [3.8, 4) is 0 Å². The number of nitrogens with two attached hydrogens (primary N) is 1. The number of carbonyl (C=O) groups excluding carboxylic acids is 2. The van der Waals surface area contributed by atoms with E-state index in [1.807, 2.05) is 54.6 Å². The molecular weight excluding hydrogens is 306 g/mol. The van der Waals surface area contributed by atoms with E-state index in [4.69, 9.17) is 10.5 Å². The maximum Gasteiger partial charge on any atom is 0.410 e. The number of cyclic esters (lactones) is 1. The molecule has 6 heteroatoms. The second-order valence-corrected chi connectivity index (χ2v) is 5.63. The number of benzene rings is 2. The standard InChI is InChI=1S/C18H19N3O3/c19-17(22)16(14-6-2-1-3-7-14)20-15-8-4-5-13(11-15)12-21-9-10-24-18(21)23/h1-8,11,16,20H,9-10,12H2,(H2,19,22)/t16-/m0/s1. The van der Waals surface area contributed by atoms with Crippen LogP contribution < -0.4 is 11.1 Å². The molecule has 2 amide bonds. The third kappa shape index (κ3) is 3.65. The number of amides is 2. The van der Waals surface area contributed by atoms with E-state index in [-0.39, 0.29) is 6.09 Å². The number of ether oxygens (including phenoxy) is 1. The van der Waals surface area contributed by atoms with Gasteiger partial charge in [-0.05, 0) is 23.3 Å². The first kappa shape index (κ1) is 15.9. The van der Waals surface area contributed by atoms with Crippen molar-refractivity contribution in [2.75, 3.05) is 18.5 Å². The number of nitrogens with zero attached hydrogens (tertiary/aromatic N) is 1. The van der Waals surface area contributed by atoms with Crippen LogP contribution in [0.25, 0.3) is 0 Å². The van der Waals surface area contributed by atoms with Gasteiger partial charge in [-0.2, -0.15) is 0 Å². The van der Waals surface area contributed by atoms with Crippen LogP contribution >= 0.6 is 0 Å². The van der Waals surface area contributed by atoms with E-state index < -0.39 is 11.9 Å². The predicted molar refractivity (Wildman–Crippen MR) is 90.2 cm³/mol. The van der Waals surface area contributed by atoms with Crippen LogP contribution in [0.5, 0.6) is 0 Å². The number of hydrogen-bond acceptors (Lipinski definition) is 4. The number of rotatable bonds is 6. The maximum absolute atomic E-state index is 11.8. The molecule has 1 aliphatic rings. The van der Waals surface area contributed by atoms with E-state index in [9.17, 15) is 9.59 Å². The van der Waals surface area contributed by atoms with Gasteiger partial charge in [-0.15, -0.1) is 0 Å². The Hall–Kier alpha value is -3.02. The molecule has 1 heterocycles. The minimum absolute atomic E-state index is 0.298. The number of primary amides is 1. The highest BCUT2D eigenvalue weighted by molar-refractivity contribution is 5.84. The topological polar surface area (TPSA) is 84.7 Å². The Labute approximate surface area is 140 Å². The van der Waals surface area contributed by atoms with Crippen LogP contribution in [0.4, 0.5) is 10.5 Å². The molecule has 0 spiro atoms. The maximum atomic E-state index is 11.8. The highest BCUT2D eigenvalue weighted by Crippen LogP contribution is 2.21. The van der Waals surface area contributed by atoms with Crippen LogP contribution in [0.2, 0.25) is 0 Å². The zero-order valence-electron chi connectivity index (χ0n) is 13.1. The molecule has 124 valence electrons. The lowest BCUT2D eigenvalue weighted by atomic mass is 10.1. The molecule has 1 saturated heterocycles. The van der Waals surface area contributed by atoms with Gasteiger partial charge in [-0.25, -0.2) is 4.79 Å². The fourth-order valence-corrected chi connectivity index (χ4v) is 2.68. The Bertz CT molecular complexity index is 733. The number of carbonyl (C=O) groups is 2. The Morgan fingerprint density at radius 2 is 2.00 bits per heavy atom. The summed E-state index contributed by atoms with van der Waals surface area (Å²) in [5.74, 6) is -0.449. The molecule has 0 saturated carbocycles. The number of hydrogen-bond donors (Lipinski definition) is 2. The molecule has 3 rings (SSSR count). The Morgan fingerprint density at radius 3 is 2.67 bits per heavy atom. The smallest absolute Gasteiger partial charge is 0.410 e. The van der Waals surface area contributed by atoms with Gasteiger partial charge in [0.2, 0.25) is 5.91 Å². The van der Waals surface area contributed by atoms with Crippen molar-refractivity contribution in [2.24, 2.45) is 5.73 Å². The molecule has 0 bridgehead atoms. The van der Waals surface area contributed by atoms with Crippen molar-refractivity contribution in [3.05, 3.63) is 65.7 Å². The normalized spacial score (nSPS) is 15.0. The summed E-state index contributed by atoms with van der Waals surface area (Å²) in [6.45, 7) is 1.49. The summed E-state index contributed by atoms with van der Waals surface area (Å²) < 4.78 is 4.93. The molecule has 2 aromatic rings. The van der Waals surface area contributed by atoms with Crippen molar-refractivity contribution >= 4 is 17.7 Å². The quantitative estimate of drug-likeness (QED) is 0.853. The van der Waals surface area contributed by atoms with Gasteiger partial charge in [0.15, 0.2) is 0 Å². The van der Waals surface area contributed by atoms with Crippen LogP contribution in [0, 0.1) is 0 Å². The molecule has 0 unspecified atom stereocenters. The largest absolute Gasteiger partial charge is 0.448 e. The first-order valence-electron chi connectivity index (χ1n) is 7.75. The summed E-state index contributed by atoms with van der Waals surface area (Å²) in [4.78, 5) is 25.0. The highest BCUT2D eigenvalue weighted by Gasteiger charge is 2.22. The fraction of sp³-hybridized carbons (Fsp3) is 0.222. The van der Waals surface area contributed by atoms with E-state index in [2.05, 4.69) is 5.32 Å². The average Bonchev–Trinajstić information content (AvgIpc) is 2.98. The average molecular weight is 325 g/mol. The van der Waals surface area contributed by atoms with Gasteiger partial charge >= 0.3 is 6.09 Å². The van der Waals surface area contributed by atoms with Crippen LogP contribution in [-0.4, -0.2) is 30.1 Å². The lowest BCUT2D eigenvalue weighted by molar-refractivity contribution is -0.118. The van der Waals surface area contributed by atoms with Crippen molar-refractivity contribution in [1.82, 2.24) is 4.90 Å². The fourth-order valence-electron chi connectivity index (χ4n) is 2.68. The van der Waals surface area contributed by atoms with Gasteiger partial charge in [0.1, 0.15) is 12.6 Å². The van der Waals surface area contributed by atoms with Crippen molar-refractivity contribution in [3.63, 3.8) is 0 Å². The Balaban J connectivity index is 1.75. The highest BCUT2D eigenvalue weighted by atomic mass is 16.6. The Morgan fingerprint density at radius 1 is 1.21 bits per heavy atom. The van der Waals surface area contributed by atoms with Gasteiger partial charge in [-0.3, -0.25) is 4.79 Å². The van der Waals surface area contributed by atoms with Crippen LogP contribution in [-0.2, 0) is 16.1 Å². The minimum atomic E-state index is -0.613. The summed E-state index contributed by atoms with van der Waals surface area (Å²) in [7, 11) is 0. The molecule has 3 N–H and O–H groups in total. The molecular formula is C18H19N3O3. The molecule has 6 nitrogen and oxygen atoms in total. The van der Waals surface area contributed by atoms with Gasteiger partial charge in [0, 0.05) is 12.2 Å². The first-order chi connectivity index (χ1) is 11.6. The second-order valence-electron chi connectivity index (χ2n) is 5.63. The summed E-state index contributed by atoms with van der Waals surface area (Å²) in [5, 5.41) is 3.16. The van der Waals surface area contributed by atoms with Crippen molar-refractivity contribution in [1.29, 1.82) is 0 Å². The van der Waals surface area contributed by atoms with Crippen molar-refractivity contribution in [2.45, 2.75) is 12.6 Å². The SMILES string of the molecule is NC(=O)[C@@H](Nc1cccc(CN2CCOC2=O)c1)c1ccccc1. The third-order valence-corrected chi connectivity index (χ3v) is 3.87. The monoisotopic (exact) mass is 325 g/mol. The molecule has 2 aromatic carbocycles. The van der Waals surface area contributed by atoms with Crippen molar-refractivity contribution < 1.29 is 14.3 Å². The molecule has 24 heavy (non-hydrogen) atoms. The van der Waals surface area contributed by atoms with Crippen LogP contribution in [0.3, 0.4) is 0 Å². The van der Waals surface area contributed by atoms with Crippen LogP contribution in [0.1, 0.15) is 17.2 Å². The predicted octanol–water partition coefficient (Wildman–Crippen LogP) is 2.28. The number of nitrogens with one attached hydrogen (secondary N) is 1. The van der Waals surface area contributed by atoms with Gasteiger partial charge in [-0.1, -0.05) is 42.5 Å². The summed E-state index contributed by atoms with van der Waals surface area (Å²) in [6.07, 6.45) is -0.298. The minimum Gasteiger partial charge on any atom is -0.448 e. The molecule has 0 aliphatic carbocycles. The molecule has 1 aliphatic heterocycles. The molecule has 1 atom stereocenters. The first-order valence-corrected chi connectivity index (χ1v) is 7.75. The Kier molecular flexibility index (Phi) is 4.65. The molecule has 0 aromatic heterocycles. The van der Waals surface area contributed by atoms with E-state index >= 15 is 0 Å². The summed E-state index contributed by atoms with van der Waals surface area (Å²) in [6, 6.07) is 16.3. The molecule has 0 radical (unpaired) electrons. The van der Waals surface area contributed by atoms with Gasteiger partial charge in [0.05, 0.1) is 6.54 Å². The van der Waals surface area contributed by atoms with E-state index in [1.165, 1.54) is 0 Å². The van der Waals surface area contributed by atoms with E-state index in [0.717, 1.165) is 16.8 Å². The zero-order valence-corrected chi connectivity index (χ0v) is 13.1. The van der Waals surface area contributed by atoms with E-state index in [1.54, 1.807) is 4.90 Å².